The molecule has 0 saturated carbocycles. The van der Waals surface area contributed by atoms with Crippen molar-refractivity contribution in [3.8, 4) is 17.0 Å². The van der Waals surface area contributed by atoms with Crippen LogP contribution in [0.15, 0.2) is 42.6 Å². The van der Waals surface area contributed by atoms with Crippen LogP contribution in [0.4, 0.5) is 0 Å². The number of benzene rings is 2. The van der Waals surface area contributed by atoms with Crippen LogP contribution >= 0.6 is 0 Å². The second-order valence-corrected chi connectivity index (χ2v) is 6.49. The Bertz CT molecular complexity index is 1070. The average molecular weight is 409 g/mol. The first kappa shape index (κ1) is 16.4. The summed E-state index contributed by atoms with van der Waals surface area (Å²) in [4.78, 5) is 8.10. The summed E-state index contributed by atoms with van der Waals surface area (Å²) in [6.45, 7) is 0. The molecule has 0 atom stereocenters. The van der Waals surface area contributed by atoms with E-state index in [4.69, 9.17) is 0 Å². The number of rotatable bonds is 1. The Morgan fingerprint density at radius 3 is 2.64 bits per heavy atom. The van der Waals surface area contributed by atoms with E-state index in [2.05, 4.69) is 34.2 Å². The molecule has 4 aromatic rings. The zero-order chi connectivity index (χ0) is 16.1. The van der Waals surface area contributed by atoms with Crippen molar-refractivity contribution in [2.24, 2.45) is 0 Å². The van der Waals surface area contributed by atoms with Crippen LogP contribution in [-0.2, 0) is 33.9 Å². The molecule has 25 heavy (non-hydrogen) atoms. The number of aromatic amines is 1. The molecular formula is C21H17MoN2O-. The molecule has 0 radical (unpaired) electrons. The number of nitrogens with one attached hydrogen (secondary N) is 1. The molecule has 0 unspecified atom stereocenters. The summed E-state index contributed by atoms with van der Waals surface area (Å²) in [7, 11) is 0. The van der Waals surface area contributed by atoms with E-state index in [0.29, 0.717) is 0 Å². The number of fused-ring (bicyclic) bond motifs is 5. The molecular weight excluding hydrogens is 392 g/mol. The maximum Gasteiger partial charge on any atom is 0.0710 e. The molecule has 1 aliphatic carbocycles. The van der Waals surface area contributed by atoms with Crippen molar-refractivity contribution < 1.29 is 26.2 Å². The van der Waals surface area contributed by atoms with Crippen LogP contribution in [-0.4, -0.2) is 15.1 Å². The summed E-state index contributed by atoms with van der Waals surface area (Å²) in [5.41, 5.74) is 7.31. The summed E-state index contributed by atoms with van der Waals surface area (Å²) >= 11 is 0. The molecule has 4 heteroatoms. The number of H-pyrrole nitrogens is 1. The third-order valence-electron chi connectivity index (χ3n) is 5.09. The van der Waals surface area contributed by atoms with E-state index < -0.39 is 0 Å². The quantitative estimate of drug-likeness (QED) is 0.352. The first-order valence-corrected chi connectivity index (χ1v) is 8.43. The Labute approximate surface area is 160 Å². The molecule has 0 fully saturated rings. The smallest absolute Gasteiger partial charge is 0.0710 e. The Balaban J connectivity index is 0.00000157. The van der Waals surface area contributed by atoms with Gasteiger partial charge in [-0.25, -0.2) is 0 Å². The molecule has 2 N–H and O–H groups in total. The van der Waals surface area contributed by atoms with E-state index in [0.717, 1.165) is 35.1 Å². The Morgan fingerprint density at radius 1 is 1.00 bits per heavy atom. The van der Waals surface area contributed by atoms with Gasteiger partial charge in [-0.2, -0.15) is 12.1 Å². The van der Waals surface area contributed by atoms with Crippen molar-refractivity contribution in [2.45, 2.75) is 25.7 Å². The summed E-state index contributed by atoms with van der Waals surface area (Å²) in [6, 6.07) is 14.8. The van der Waals surface area contributed by atoms with Gasteiger partial charge in [-0.3, -0.25) is 4.98 Å². The number of aromatic hydroxyl groups is 1. The molecule has 1 aliphatic rings. The van der Waals surface area contributed by atoms with Crippen LogP contribution in [0.5, 0.6) is 5.75 Å². The number of aromatic nitrogens is 2. The number of aryl methyl sites for hydroxylation is 1. The van der Waals surface area contributed by atoms with Gasteiger partial charge in [-0.1, -0.05) is 0 Å². The van der Waals surface area contributed by atoms with Gasteiger partial charge in [0.05, 0.1) is 5.52 Å². The predicted octanol–water partition coefficient (Wildman–Crippen LogP) is 4.77. The standard InChI is InChI=1S/C21H17N2O.Mo/c24-14-7-5-13(6-8-14)21-16-4-2-1-3-15(16)20-17-11-12-22-18(17)9-10-19(20)23-21;/h5-7,9-12,23-24H,1-4H2;/q-1;. The van der Waals surface area contributed by atoms with Gasteiger partial charge in [0.2, 0.25) is 0 Å². The van der Waals surface area contributed by atoms with E-state index in [-0.39, 0.29) is 26.8 Å². The van der Waals surface area contributed by atoms with Gasteiger partial charge in [-0.05, 0) is 60.7 Å². The molecule has 0 spiro atoms. The number of phenols is 1. The van der Waals surface area contributed by atoms with E-state index in [9.17, 15) is 5.11 Å². The second-order valence-electron chi connectivity index (χ2n) is 6.49. The Kier molecular flexibility index (Phi) is 4.13. The molecule has 0 bridgehead atoms. The number of nitrogens with zero attached hydrogens (tertiary/aromatic N) is 1. The van der Waals surface area contributed by atoms with Crippen molar-refractivity contribution in [1.82, 2.24) is 9.97 Å². The zero-order valence-electron chi connectivity index (χ0n) is 13.7. The fourth-order valence-corrected chi connectivity index (χ4v) is 4.00. The first-order valence-electron chi connectivity index (χ1n) is 8.43. The van der Waals surface area contributed by atoms with Crippen LogP contribution in [0.3, 0.4) is 0 Å². The summed E-state index contributed by atoms with van der Waals surface area (Å²) in [5.74, 6) is 0.179. The van der Waals surface area contributed by atoms with Gasteiger partial charge in [0.1, 0.15) is 0 Å². The summed E-state index contributed by atoms with van der Waals surface area (Å²) < 4.78 is 0. The third kappa shape index (κ3) is 2.58. The Hall–Kier alpha value is -2.12. The molecule has 3 nitrogen and oxygen atoms in total. The van der Waals surface area contributed by atoms with E-state index in [1.54, 1.807) is 6.07 Å². The van der Waals surface area contributed by atoms with Crippen molar-refractivity contribution in [1.29, 1.82) is 0 Å². The number of phenolic OH excluding ortho intramolecular Hbond substituents is 1. The molecule has 0 aliphatic heterocycles. The van der Waals surface area contributed by atoms with Gasteiger partial charge in [0.25, 0.3) is 0 Å². The van der Waals surface area contributed by atoms with Crippen LogP contribution in [0.25, 0.3) is 33.1 Å². The van der Waals surface area contributed by atoms with Gasteiger partial charge >= 0.3 is 0 Å². The largest absolute Gasteiger partial charge is 0.534 e. The van der Waals surface area contributed by atoms with Gasteiger partial charge in [0.15, 0.2) is 0 Å². The molecule has 2 aromatic carbocycles. The second kappa shape index (κ2) is 6.31. The van der Waals surface area contributed by atoms with Crippen molar-refractivity contribution >= 4 is 21.8 Å². The van der Waals surface area contributed by atoms with Gasteiger partial charge in [-0.15, -0.1) is 17.7 Å². The SMILES string of the molecule is Oc1[c-]cc(-c2[nH]c3ccc4nccc4c3c3c2CCCC3)cc1.[Mo]. The molecule has 124 valence electrons. The monoisotopic (exact) mass is 411 g/mol. The fourth-order valence-electron chi connectivity index (χ4n) is 4.00. The van der Waals surface area contributed by atoms with E-state index in [1.165, 1.54) is 34.7 Å². The van der Waals surface area contributed by atoms with Crippen LogP contribution < -0.4 is 0 Å². The number of hydrogen-bond donors (Lipinski definition) is 2. The topological polar surface area (TPSA) is 48.9 Å². The number of hydrogen-bond acceptors (Lipinski definition) is 2. The molecule has 0 amide bonds. The average Bonchev–Trinajstić information content (AvgIpc) is 3.10. The zero-order valence-corrected chi connectivity index (χ0v) is 15.7. The first-order chi connectivity index (χ1) is 11.8. The fraction of sp³-hybridized carbons (Fsp3) is 0.190. The molecule has 2 heterocycles. The van der Waals surface area contributed by atoms with Crippen LogP contribution in [0, 0.1) is 6.07 Å². The van der Waals surface area contributed by atoms with E-state index >= 15 is 0 Å². The third-order valence-corrected chi connectivity index (χ3v) is 5.09. The van der Waals surface area contributed by atoms with Gasteiger partial charge < -0.3 is 10.1 Å². The van der Waals surface area contributed by atoms with Crippen LogP contribution in [0.1, 0.15) is 24.0 Å². The summed E-state index contributed by atoms with van der Waals surface area (Å²) in [6.07, 6.45) is 6.54. The molecule has 5 rings (SSSR count). The van der Waals surface area contributed by atoms with Crippen molar-refractivity contribution in [3.63, 3.8) is 0 Å². The molecule has 0 saturated heterocycles. The number of pyridine rings is 1. The van der Waals surface area contributed by atoms with Gasteiger partial charge in [0, 0.05) is 49.3 Å². The van der Waals surface area contributed by atoms with Crippen molar-refractivity contribution in [3.05, 3.63) is 59.8 Å². The maximum absolute atomic E-state index is 9.54. The normalized spacial score (nSPS) is 13.6. The van der Waals surface area contributed by atoms with E-state index in [1.807, 2.05) is 18.3 Å². The minimum absolute atomic E-state index is 0. The minimum atomic E-state index is 0. The summed E-state index contributed by atoms with van der Waals surface area (Å²) in [5, 5.41) is 12.1. The van der Waals surface area contributed by atoms with Crippen LogP contribution in [0.2, 0.25) is 0 Å². The maximum atomic E-state index is 9.54. The predicted molar refractivity (Wildman–Crippen MR) is 96.2 cm³/mol. The molecule has 2 aromatic heterocycles. The minimum Gasteiger partial charge on any atom is -0.534 e. The Morgan fingerprint density at radius 2 is 1.84 bits per heavy atom. The van der Waals surface area contributed by atoms with Crippen molar-refractivity contribution in [2.75, 3.05) is 0 Å².